The lowest BCUT2D eigenvalue weighted by Gasteiger charge is -2.36. The van der Waals surface area contributed by atoms with E-state index in [0.717, 1.165) is 50.4 Å². The van der Waals surface area contributed by atoms with E-state index in [4.69, 9.17) is 4.98 Å². The number of nitrogens with zero attached hydrogens (tertiary/aromatic N) is 4. The Hall–Kier alpha value is -2.99. The molecule has 5 nitrogen and oxygen atoms in total. The molecule has 2 aromatic carbocycles. The Morgan fingerprint density at radius 1 is 1.08 bits per heavy atom. The van der Waals surface area contributed by atoms with Gasteiger partial charge in [-0.2, -0.15) is 0 Å². The minimum atomic E-state index is -0.695. The number of benzene rings is 2. The van der Waals surface area contributed by atoms with E-state index in [1.54, 1.807) is 0 Å². The molecule has 1 unspecified atom stereocenters. The van der Waals surface area contributed by atoms with Crippen LogP contribution in [-0.2, 0) is 10.3 Å². The molecule has 0 aliphatic carbocycles. The smallest absolute Gasteiger partial charge is 0.222 e. The van der Waals surface area contributed by atoms with Crippen molar-refractivity contribution in [2.45, 2.75) is 51.2 Å². The van der Waals surface area contributed by atoms with E-state index in [9.17, 15) is 9.18 Å². The second-order valence-corrected chi connectivity index (χ2v) is 11.4. The molecule has 0 bridgehead atoms. The van der Waals surface area contributed by atoms with Gasteiger partial charge < -0.3 is 9.47 Å². The summed E-state index contributed by atoms with van der Waals surface area (Å²) in [5.74, 6) is 1.89. The minimum absolute atomic E-state index is 0.138. The van der Waals surface area contributed by atoms with E-state index in [0.29, 0.717) is 25.3 Å². The lowest BCUT2D eigenvalue weighted by Crippen LogP contribution is -2.42. The minimum Gasteiger partial charge on any atom is -0.343 e. The molecule has 37 heavy (non-hydrogen) atoms. The molecule has 3 aliphatic rings. The highest BCUT2D eigenvalue weighted by molar-refractivity contribution is 5.77. The van der Waals surface area contributed by atoms with Crippen LogP contribution in [0.25, 0.3) is 11.4 Å². The van der Waals surface area contributed by atoms with Gasteiger partial charge >= 0.3 is 0 Å². The number of carbonyl (C=O) groups is 1. The number of rotatable bonds is 6. The summed E-state index contributed by atoms with van der Waals surface area (Å²) in [6.45, 7) is 8.11. The number of fused-ring (bicyclic) bond motifs is 3. The lowest BCUT2D eigenvalue weighted by molar-refractivity contribution is -0.133. The van der Waals surface area contributed by atoms with Crippen LogP contribution in [-0.4, -0.2) is 64.2 Å². The van der Waals surface area contributed by atoms with Gasteiger partial charge in [0.2, 0.25) is 5.91 Å². The zero-order valence-electron chi connectivity index (χ0n) is 21.9. The molecule has 2 fully saturated rings. The van der Waals surface area contributed by atoms with Gasteiger partial charge in [-0.3, -0.25) is 9.69 Å². The standard InChI is InChI=1S/C31H37FN4O/c1-22-7-9-25(10-8-22)31(27-6-4-3-5-26(27)30-33-15-18-36(30)31)14-11-29(37)35-16-12-24(13-17-35)20-34-19-23(2)28(32)21-34/h3-10,15,18,23-24,28H,11-14,16-17,19-21H2,1-2H3/t23-,28-,31?/m0/s1. The summed E-state index contributed by atoms with van der Waals surface area (Å²) in [6, 6.07) is 17.2. The second kappa shape index (κ2) is 9.71. The molecular weight excluding hydrogens is 463 g/mol. The second-order valence-electron chi connectivity index (χ2n) is 11.4. The monoisotopic (exact) mass is 500 g/mol. The largest absolute Gasteiger partial charge is 0.343 e. The number of alkyl halides is 1. The summed E-state index contributed by atoms with van der Waals surface area (Å²) < 4.78 is 16.2. The van der Waals surface area contributed by atoms with Crippen LogP contribution < -0.4 is 0 Å². The summed E-state index contributed by atoms with van der Waals surface area (Å²) in [4.78, 5) is 22.6. The molecule has 3 aliphatic heterocycles. The number of carbonyl (C=O) groups excluding carboxylic acids is 1. The Morgan fingerprint density at radius 3 is 2.57 bits per heavy atom. The maximum atomic E-state index is 13.9. The summed E-state index contributed by atoms with van der Waals surface area (Å²) in [5, 5.41) is 0. The third-order valence-electron chi connectivity index (χ3n) is 8.98. The van der Waals surface area contributed by atoms with Crippen molar-refractivity contribution in [2.75, 3.05) is 32.7 Å². The van der Waals surface area contributed by atoms with Crippen LogP contribution in [0, 0.1) is 18.8 Å². The van der Waals surface area contributed by atoms with Crippen molar-refractivity contribution in [2.24, 2.45) is 11.8 Å². The number of aromatic nitrogens is 2. The highest BCUT2D eigenvalue weighted by Crippen LogP contribution is 2.49. The molecule has 1 aromatic heterocycles. The molecule has 3 atom stereocenters. The van der Waals surface area contributed by atoms with Gasteiger partial charge in [0.1, 0.15) is 12.0 Å². The quantitative estimate of drug-likeness (QED) is 0.463. The average molecular weight is 501 g/mol. The van der Waals surface area contributed by atoms with Gasteiger partial charge in [0.15, 0.2) is 0 Å². The summed E-state index contributed by atoms with van der Waals surface area (Å²) in [5.41, 5.74) is 4.34. The first-order valence-corrected chi connectivity index (χ1v) is 13.8. The van der Waals surface area contributed by atoms with Crippen molar-refractivity contribution in [3.8, 4) is 11.4 Å². The van der Waals surface area contributed by atoms with E-state index in [1.807, 2.05) is 13.1 Å². The van der Waals surface area contributed by atoms with Crippen LogP contribution in [0.3, 0.4) is 0 Å². The Balaban J connectivity index is 1.18. The molecule has 3 aromatic rings. The third kappa shape index (κ3) is 4.29. The fraction of sp³-hybridized carbons (Fsp3) is 0.484. The van der Waals surface area contributed by atoms with Crippen LogP contribution >= 0.6 is 0 Å². The maximum Gasteiger partial charge on any atom is 0.222 e. The Morgan fingerprint density at radius 2 is 1.84 bits per heavy atom. The van der Waals surface area contributed by atoms with Crippen LogP contribution in [0.15, 0.2) is 60.9 Å². The first-order chi connectivity index (χ1) is 18.0. The zero-order valence-corrected chi connectivity index (χ0v) is 21.9. The number of imidazole rings is 1. The highest BCUT2D eigenvalue weighted by atomic mass is 19.1. The zero-order chi connectivity index (χ0) is 25.6. The highest BCUT2D eigenvalue weighted by Gasteiger charge is 2.45. The van der Waals surface area contributed by atoms with Gasteiger partial charge in [0.05, 0.1) is 5.54 Å². The van der Waals surface area contributed by atoms with Crippen LogP contribution in [0.5, 0.6) is 0 Å². The predicted octanol–water partition coefficient (Wildman–Crippen LogP) is 5.27. The Bertz CT molecular complexity index is 1250. The fourth-order valence-corrected chi connectivity index (χ4v) is 6.85. The van der Waals surface area contributed by atoms with Gasteiger partial charge in [-0.05, 0) is 43.2 Å². The van der Waals surface area contributed by atoms with E-state index >= 15 is 0 Å². The van der Waals surface area contributed by atoms with Crippen molar-refractivity contribution in [3.63, 3.8) is 0 Å². The average Bonchev–Trinajstić information content (AvgIpc) is 3.58. The number of halogens is 1. The molecule has 2 saturated heterocycles. The number of likely N-dealkylation sites (tertiary alicyclic amines) is 2. The fourth-order valence-electron chi connectivity index (χ4n) is 6.85. The van der Waals surface area contributed by atoms with Gasteiger partial charge in [-0.15, -0.1) is 0 Å². The van der Waals surface area contributed by atoms with Gasteiger partial charge in [0, 0.05) is 63.0 Å². The molecule has 1 amide bonds. The third-order valence-corrected chi connectivity index (χ3v) is 8.98. The first kappa shape index (κ1) is 24.4. The SMILES string of the molecule is Cc1ccc(C2(CCC(=O)N3CCC(CN4C[C@H](C)[C@@H](F)C4)CC3)c3ccccc3-c3nccn32)cc1. The van der Waals surface area contributed by atoms with E-state index in [-0.39, 0.29) is 11.8 Å². The normalized spacial score (nSPS) is 25.9. The van der Waals surface area contributed by atoms with Crippen molar-refractivity contribution in [1.29, 1.82) is 0 Å². The van der Waals surface area contributed by atoms with Crippen molar-refractivity contribution >= 4 is 5.91 Å². The van der Waals surface area contributed by atoms with Crippen LogP contribution in [0.4, 0.5) is 4.39 Å². The van der Waals surface area contributed by atoms with Crippen LogP contribution in [0.1, 0.15) is 49.3 Å². The van der Waals surface area contributed by atoms with Crippen molar-refractivity contribution < 1.29 is 9.18 Å². The Kier molecular flexibility index (Phi) is 6.39. The van der Waals surface area contributed by atoms with Crippen molar-refractivity contribution in [3.05, 3.63) is 77.6 Å². The molecule has 0 saturated carbocycles. The van der Waals surface area contributed by atoms with Gasteiger partial charge in [-0.25, -0.2) is 9.37 Å². The molecule has 194 valence electrons. The van der Waals surface area contributed by atoms with E-state index in [2.05, 4.69) is 76.0 Å². The number of hydrogen-bond acceptors (Lipinski definition) is 3. The Labute approximate surface area is 219 Å². The van der Waals surface area contributed by atoms with Gasteiger partial charge in [0.25, 0.3) is 0 Å². The number of hydrogen-bond donors (Lipinski definition) is 0. The molecule has 0 N–H and O–H groups in total. The van der Waals surface area contributed by atoms with E-state index < -0.39 is 11.7 Å². The lowest BCUT2D eigenvalue weighted by atomic mass is 9.79. The molecule has 0 radical (unpaired) electrons. The summed E-state index contributed by atoms with van der Waals surface area (Å²) >= 11 is 0. The molecule has 0 spiro atoms. The number of aryl methyl sites for hydroxylation is 1. The topological polar surface area (TPSA) is 41.4 Å². The number of piperidine rings is 1. The van der Waals surface area contributed by atoms with E-state index in [1.165, 1.54) is 16.7 Å². The predicted molar refractivity (Wildman–Crippen MR) is 144 cm³/mol. The van der Waals surface area contributed by atoms with Crippen LogP contribution in [0.2, 0.25) is 0 Å². The van der Waals surface area contributed by atoms with Gasteiger partial charge in [-0.1, -0.05) is 61.0 Å². The first-order valence-electron chi connectivity index (χ1n) is 13.8. The number of amides is 1. The molecular formula is C31H37FN4O. The molecule has 6 heteroatoms. The van der Waals surface area contributed by atoms with Crippen molar-refractivity contribution in [1.82, 2.24) is 19.4 Å². The summed E-state index contributed by atoms with van der Waals surface area (Å²) in [6.07, 6.45) is 6.42. The molecule has 4 heterocycles. The summed E-state index contributed by atoms with van der Waals surface area (Å²) in [7, 11) is 0. The molecule has 6 rings (SSSR count). The maximum absolute atomic E-state index is 13.9.